The fraction of sp³-hybridized carbons (Fsp3) is 0.200. The first kappa shape index (κ1) is 25.7. The number of nitrogens with zero attached hydrogens (tertiary/aromatic N) is 2. The van der Waals surface area contributed by atoms with Crippen LogP contribution in [0.4, 0.5) is 8.78 Å². The van der Waals surface area contributed by atoms with Crippen molar-refractivity contribution in [2.75, 3.05) is 0 Å². The number of aliphatic hydroxyl groups is 2. The molecule has 32 heavy (non-hydrogen) atoms. The molecule has 1 aromatic heterocycles. The number of aromatic nitrogens is 2. The number of fused-ring (bicyclic) bond motifs is 1. The van der Waals surface area contributed by atoms with Gasteiger partial charge in [-0.1, -0.05) is 24.3 Å². The van der Waals surface area contributed by atoms with Gasteiger partial charge in [-0.25, -0.2) is 4.39 Å². The van der Waals surface area contributed by atoms with Gasteiger partial charge in [-0.15, -0.1) is 29.8 Å². The normalized spacial score (nSPS) is 12.3. The maximum absolute atomic E-state index is 13.2. The molecule has 0 aliphatic carbocycles. The molecule has 4 aromatic rings. The molecule has 0 spiro atoms. The van der Waals surface area contributed by atoms with E-state index in [-0.39, 0.29) is 44.9 Å². The molecule has 2 atom stereocenters. The molecule has 2 unspecified atom stereocenters. The molecule has 0 fully saturated rings. The van der Waals surface area contributed by atoms with Gasteiger partial charge in [0, 0.05) is 32.6 Å². The van der Waals surface area contributed by atoms with Gasteiger partial charge in [0.2, 0.25) is 0 Å². The number of aliphatic hydroxyl groups excluding tert-OH is 2. The average Bonchev–Trinajstić information content (AvgIpc) is 2.73. The first-order valence-corrected chi connectivity index (χ1v) is 9.90. The number of benzene rings is 3. The number of rotatable bonds is 4. The summed E-state index contributed by atoms with van der Waals surface area (Å²) in [6.45, 7) is 3.32. The first-order chi connectivity index (χ1) is 14.8. The summed E-state index contributed by atoms with van der Waals surface area (Å²) in [5, 5.41) is 17.1. The second kappa shape index (κ2) is 11.9. The topological polar surface area (TPSA) is 66.2 Å². The van der Waals surface area contributed by atoms with Crippen molar-refractivity contribution in [3.63, 3.8) is 0 Å². The van der Waals surface area contributed by atoms with Crippen molar-refractivity contribution < 1.29 is 40.1 Å². The Morgan fingerprint density at radius 2 is 1.31 bits per heavy atom. The van der Waals surface area contributed by atoms with Crippen molar-refractivity contribution in [1.29, 1.82) is 0 Å². The third-order valence-corrected chi connectivity index (χ3v) is 4.40. The molecule has 0 saturated carbocycles. The number of hydrogen-bond acceptors (Lipinski definition) is 4. The zero-order chi connectivity index (χ0) is 22.4. The van der Waals surface area contributed by atoms with E-state index in [1.807, 2.05) is 24.3 Å². The van der Waals surface area contributed by atoms with Crippen LogP contribution in [-0.2, 0) is 21.1 Å². The van der Waals surface area contributed by atoms with Crippen molar-refractivity contribution >= 4 is 11.0 Å². The van der Waals surface area contributed by atoms with Crippen LogP contribution in [0.5, 0.6) is 0 Å². The zero-order valence-corrected chi connectivity index (χ0v) is 19.8. The van der Waals surface area contributed by atoms with Crippen LogP contribution in [0.25, 0.3) is 33.5 Å². The third kappa shape index (κ3) is 6.99. The second-order valence-electron chi connectivity index (χ2n) is 7.27. The van der Waals surface area contributed by atoms with Crippen molar-refractivity contribution in [2.45, 2.75) is 32.5 Å². The molecule has 0 bridgehead atoms. The summed E-state index contributed by atoms with van der Waals surface area (Å²) in [6, 6.07) is 20.7. The maximum Gasteiger partial charge on any atom is 0.123 e. The van der Waals surface area contributed by atoms with Crippen molar-refractivity contribution in [1.82, 2.24) is 9.97 Å². The summed E-state index contributed by atoms with van der Waals surface area (Å²) >= 11 is 0. The van der Waals surface area contributed by atoms with Crippen LogP contribution >= 0.6 is 0 Å². The van der Waals surface area contributed by atoms with Gasteiger partial charge in [-0.2, -0.15) is 0 Å². The maximum atomic E-state index is 13.2. The number of para-hydroxylation sites is 2. The van der Waals surface area contributed by atoms with Gasteiger partial charge in [0.15, 0.2) is 0 Å². The quantitative estimate of drug-likeness (QED) is 0.311. The average molecular weight is 617 g/mol. The van der Waals surface area contributed by atoms with Crippen LogP contribution in [0, 0.1) is 17.7 Å². The molecule has 0 amide bonds. The summed E-state index contributed by atoms with van der Waals surface area (Å²) in [7, 11) is 0. The fourth-order valence-corrected chi connectivity index (χ4v) is 3.04. The fourth-order valence-electron chi connectivity index (χ4n) is 3.04. The first-order valence-electron chi connectivity index (χ1n) is 9.90. The van der Waals surface area contributed by atoms with E-state index in [9.17, 15) is 8.78 Å². The van der Waals surface area contributed by atoms with Gasteiger partial charge in [-0.05, 0) is 50.1 Å². The van der Waals surface area contributed by atoms with Crippen LogP contribution in [-0.4, -0.2) is 32.4 Å². The van der Waals surface area contributed by atoms with Gasteiger partial charge in [0.25, 0.3) is 0 Å². The minimum atomic E-state index is -0.375. The molecule has 0 aliphatic rings. The molecule has 7 heteroatoms. The Balaban J connectivity index is 0.000000398. The monoisotopic (exact) mass is 616 g/mol. The standard InChI is InChI=1S/C20H11F2N2.C5H12O2.Pt/c21-15-9-5-13(6-10-15)19-20(14-7-11-16(22)12-8-14)24-18-4-2-1-3-17(18)23-19;1-4(6)3-5(2)7;/h1-7,9-12H;4-7H,3H2,1-2H3;/q-1;;. The SMILES string of the molecule is CC(O)CC(C)O.Fc1c[c-]c(-c2nc3ccccc3nc2-c2ccc(F)cc2)cc1.[Pt]. The Morgan fingerprint density at radius 3 is 1.78 bits per heavy atom. The molecular weight excluding hydrogens is 593 g/mol. The van der Waals surface area contributed by atoms with Crippen molar-refractivity contribution in [3.8, 4) is 22.5 Å². The van der Waals surface area contributed by atoms with E-state index in [1.165, 1.54) is 24.3 Å². The van der Waals surface area contributed by atoms with Gasteiger partial charge in [0.1, 0.15) is 5.82 Å². The van der Waals surface area contributed by atoms with E-state index >= 15 is 0 Å². The van der Waals surface area contributed by atoms with E-state index in [0.29, 0.717) is 23.4 Å². The largest absolute Gasteiger partial charge is 0.393 e. The molecular formula is C25H23F2N2O2Pt-. The van der Waals surface area contributed by atoms with E-state index < -0.39 is 0 Å². The Kier molecular flexibility index (Phi) is 9.57. The molecule has 1 heterocycles. The summed E-state index contributed by atoms with van der Waals surface area (Å²) < 4.78 is 26.5. The molecule has 0 saturated heterocycles. The van der Waals surface area contributed by atoms with E-state index in [4.69, 9.17) is 10.2 Å². The molecule has 3 aromatic carbocycles. The Bertz CT molecular complexity index is 1040. The zero-order valence-electron chi connectivity index (χ0n) is 17.6. The predicted molar refractivity (Wildman–Crippen MR) is 117 cm³/mol. The summed E-state index contributed by atoms with van der Waals surface area (Å²) in [5.41, 5.74) is 4.03. The molecule has 0 aliphatic heterocycles. The minimum Gasteiger partial charge on any atom is -0.393 e. The summed E-state index contributed by atoms with van der Waals surface area (Å²) in [4.78, 5) is 9.34. The molecule has 4 rings (SSSR count). The van der Waals surface area contributed by atoms with Crippen molar-refractivity contribution in [2.24, 2.45) is 0 Å². The third-order valence-electron chi connectivity index (χ3n) is 4.40. The Labute approximate surface area is 200 Å². The molecule has 4 nitrogen and oxygen atoms in total. The van der Waals surface area contributed by atoms with Gasteiger partial charge < -0.3 is 10.2 Å². The Hall–Kier alpha value is -2.53. The molecule has 2 N–H and O–H groups in total. The van der Waals surface area contributed by atoms with Crippen LogP contribution < -0.4 is 0 Å². The van der Waals surface area contributed by atoms with Gasteiger partial charge in [0.05, 0.1) is 28.9 Å². The number of halogens is 2. The minimum absolute atomic E-state index is 0. The van der Waals surface area contributed by atoms with Crippen LogP contribution in [0.2, 0.25) is 0 Å². The molecule has 170 valence electrons. The van der Waals surface area contributed by atoms with Crippen molar-refractivity contribution in [3.05, 3.63) is 84.4 Å². The molecule has 0 radical (unpaired) electrons. The van der Waals surface area contributed by atoms with E-state index in [0.717, 1.165) is 16.6 Å². The smallest absolute Gasteiger partial charge is 0.123 e. The van der Waals surface area contributed by atoms with Crippen LogP contribution in [0.3, 0.4) is 0 Å². The second-order valence-corrected chi connectivity index (χ2v) is 7.27. The summed E-state index contributed by atoms with van der Waals surface area (Å²) in [5.74, 6) is -0.682. The van der Waals surface area contributed by atoms with Crippen LogP contribution in [0.15, 0.2) is 66.7 Å². The summed E-state index contributed by atoms with van der Waals surface area (Å²) in [6.07, 6.45) is -0.278. The van der Waals surface area contributed by atoms with Crippen LogP contribution in [0.1, 0.15) is 20.3 Å². The predicted octanol–water partition coefficient (Wildman–Crippen LogP) is 5.18. The van der Waals surface area contributed by atoms with Gasteiger partial charge in [-0.3, -0.25) is 14.4 Å². The Morgan fingerprint density at radius 1 is 0.781 bits per heavy atom. The number of hydrogen-bond donors (Lipinski definition) is 2. The van der Waals surface area contributed by atoms with Gasteiger partial charge >= 0.3 is 0 Å². The van der Waals surface area contributed by atoms with E-state index in [2.05, 4.69) is 16.0 Å². The van der Waals surface area contributed by atoms with E-state index in [1.54, 1.807) is 32.0 Å².